The van der Waals surface area contributed by atoms with Gasteiger partial charge in [0.1, 0.15) is 6.07 Å². The third kappa shape index (κ3) is 3.86. The van der Waals surface area contributed by atoms with Crippen molar-refractivity contribution >= 4 is 34.3 Å². The third-order valence-corrected chi connectivity index (χ3v) is 6.89. The first-order chi connectivity index (χ1) is 14.7. The molecule has 1 aromatic heterocycles. The van der Waals surface area contributed by atoms with Gasteiger partial charge in [-0.25, -0.2) is 0 Å². The van der Waals surface area contributed by atoms with Crippen molar-refractivity contribution in [2.75, 3.05) is 56.8 Å². The van der Waals surface area contributed by atoms with Crippen LogP contribution in [0.3, 0.4) is 0 Å². The second-order valence-corrected chi connectivity index (χ2v) is 8.78. The SMILES string of the molecule is COc1cc2ncc(C#N)c(N3CCC(C(=O)N4CCSCC4)CC3)c2cc1OC. The van der Waals surface area contributed by atoms with Gasteiger partial charge in [-0.15, -0.1) is 0 Å². The van der Waals surface area contributed by atoms with Gasteiger partial charge >= 0.3 is 0 Å². The van der Waals surface area contributed by atoms with Crippen LogP contribution in [-0.4, -0.2) is 67.7 Å². The minimum Gasteiger partial charge on any atom is -0.493 e. The van der Waals surface area contributed by atoms with E-state index in [4.69, 9.17) is 9.47 Å². The van der Waals surface area contributed by atoms with Gasteiger partial charge in [-0.05, 0) is 18.9 Å². The van der Waals surface area contributed by atoms with Crippen LogP contribution in [0.2, 0.25) is 0 Å². The number of carbonyl (C=O) groups is 1. The minimum atomic E-state index is 0.0672. The second-order valence-electron chi connectivity index (χ2n) is 7.56. The molecule has 4 rings (SSSR count). The third-order valence-electron chi connectivity index (χ3n) is 5.95. The lowest BCUT2D eigenvalue weighted by molar-refractivity contribution is -0.135. The molecule has 1 aromatic carbocycles. The van der Waals surface area contributed by atoms with Crippen molar-refractivity contribution in [2.45, 2.75) is 12.8 Å². The topological polar surface area (TPSA) is 78.7 Å². The number of aromatic nitrogens is 1. The van der Waals surface area contributed by atoms with E-state index in [1.54, 1.807) is 20.4 Å². The minimum absolute atomic E-state index is 0.0672. The number of nitriles is 1. The monoisotopic (exact) mass is 426 g/mol. The van der Waals surface area contributed by atoms with Crippen LogP contribution < -0.4 is 14.4 Å². The molecule has 2 saturated heterocycles. The van der Waals surface area contributed by atoms with Crippen molar-refractivity contribution in [3.63, 3.8) is 0 Å². The highest BCUT2D eigenvalue weighted by Crippen LogP contribution is 2.38. The number of carbonyl (C=O) groups excluding carboxylic acids is 1. The predicted octanol–water partition coefficient (Wildman–Crippen LogP) is 2.92. The summed E-state index contributed by atoms with van der Waals surface area (Å²) in [5.74, 6) is 3.64. The molecule has 2 aliphatic rings. The summed E-state index contributed by atoms with van der Waals surface area (Å²) in [4.78, 5) is 21.6. The van der Waals surface area contributed by atoms with Crippen LogP contribution in [0.15, 0.2) is 18.3 Å². The van der Waals surface area contributed by atoms with Gasteiger partial charge in [0.25, 0.3) is 0 Å². The average molecular weight is 427 g/mol. The Morgan fingerprint density at radius 2 is 1.80 bits per heavy atom. The molecule has 0 N–H and O–H groups in total. The highest BCUT2D eigenvalue weighted by molar-refractivity contribution is 7.99. The van der Waals surface area contributed by atoms with Crippen LogP contribution in [0.5, 0.6) is 11.5 Å². The van der Waals surface area contributed by atoms with Crippen molar-refractivity contribution in [2.24, 2.45) is 5.92 Å². The number of ether oxygens (including phenoxy) is 2. The number of methoxy groups -OCH3 is 2. The Morgan fingerprint density at radius 3 is 2.43 bits per heavy atom. The first-order valence-electron chi connectivity index (χ1n) is 10.2. The molecule has 2 aromatic rings. The molecule has 0 bridgehead atoms. The first kappa shape index (κ1) is 20.6. The van der Waals surface area contributed by atoms with Crippen molar-refractivity contribution in [1.29, 1.82) is 5.26 Å². The summed E-state index contributed by atoms with van der Waals surface area (Å²) in [6.07, 6.45) is 3.21. The van der Waals surface area contributed by atoms with Gasteiger partial charge in [0.15, 0.2) is 11.5 Å². The summed E-state index contributed by atoms with van der Waals surface area (Å²) >= 11 is 1.91. The van der Waals surface area contributed by atoms with Crippen LogP contribution in [-0.2, 0) is 4.79 Å². The largest absolute Gasteiger partial charge is 0.493 e. The molecule has 2 aliphatic heterocycles. The normalized spacial score (nSPS) is 17.6. The number of rotatable bonds is 4. The quantitative estimate of drug-likeness (QED) is 0.744. The summed E-state index contributed by atoms with van der Waals surface area (Å²) < 4.78 is 10.9. The Hall–Kier alpha value is -2.66. The average Bonchev–Trinajstić information content (AvgIpc) is 2.82. The van der Waals surface area contributed by atoms with Crippen LogP contribution in [0, 0.1) is 17.2 Å². The maximum absolute atomic E-state index is 12.9. The zero-order valence-electron chi connectivity index (χ0n) is 17.4. The number of hydrogen-bond acceptors (Lipinski definition) is 7. The number of hydrogen-bond donors (Lipinski definition) is 0. The van der Waals surface area contributed by atoms with Crippen LogP contribution >= 0.6 is 11.8 Å². The van der Waals surface area contributed by atoms with Gasteiger partial charge in [0, 0.05) is 61.3 Å². The van der Waals surface area contributed by atoms with E-state index < -0.39 is 0 Å². The molecule has 0 saturated carbocycles. The summed E-state index contributed by atoms with van der Waals surface area (Å²) in [5, 5.41) is 10.6. The van der Waals surface area contributed by atoms with Crippen LogP contribution in [0.1, 0.15) is 18.4 Å². The lowest BCUT2D eigenvalue weighted by atomic mass is 9.94. The molecule has 0 spiro atoms. The van der Waals surface area contributed by atoms with Gasteiger partial charge in [0.2, 0.25) is 5.91 Å². The molecular formula is C22H26N4O3S. The van der Waals surface area contributed by atoms with E-state index >= 15 is 0 Å². The molecule has 3 heterocycles. The Morgan fingerprint density at radius 1 is 1.13 bits per heavy atom. The number of nitrogens with zero attached hydrogens (tertiary/aromatic N) is 4. The summed E-state index contributed by atoms with van der Waals surface area (Å²) in [5.41, 5.74) is 2.15. The molecule has 0 aliphatic carbocycles. The Bertz CT molecular complexity index is 976. The van der Waals surface area contributed by atoms with Gasteiger partial charge in [-0.1, -0.05) is 0 Å². The van der Waals surface area contributed by atoms with Crippen LogP contribution in [0.25, 0.3) is 10.9 Å². The second kappa shape index (κ2) is 9.00. The fraction of sp³-hybridized carbons (Fsp3) is 0.500. The van der Waals surface area contributed by atoms with Gasteiger partial charge in [-0.2, -0.15) is 17.0 Å². The molecule has 158 valence electrons. The number of pyridine rings is 1. The molecule has 7 nitrogen and oxygen atoms in total. The number of benzene rings is 1. The number of fused-ring (bicyclic) bond motifs is 1. The van der Waals surface area contributed by atoms with Crippen molar-refractivity contribution in [1.82, 2.24) is 9.88 Å². The lowest BCUT2D eigenvalue weighted by Gasteiger charge is -2.37. The predicted molar refractivity (Wildman–Crippen MR) is 118 cm³/mol. The number of thioether (sulfide) groups is 1. The van der Waals surface area contributed by atoms with Crippen molar-refractivity contribution in [3.05, 3.63) is 23.9 Å². The fourth-order valence-corrected chi connectivity index (χ4v) is 5.22. The lowest BCUT2D eigenvalue weighted by Crippen LogP contribution is -2.45. The molecule has 0 atom stereocenters. The molecule has 2 fully saturated rings. The fourth-order valence-electron chi connectivity index (χ4n) is 4.32. The van der Waals surface area contributed by atoms with E-state index in [9.17, 15) is 10.1 Å². The zero-order chi connectivity index (χ0) is 21.1. The summed E-state index contributed by atoms with van der Waals surface area (Å²) in [7, 11) is 3.19. The molecule has 30 heavy (non-hydrogen) atoms. The molecule has 8 heteroatoms. The molecule has 0 unspecified atom stereocenters. The summed E-state index contributed by atoms with van der Waals surface area (Å²) in [6, 6.07) is 6.01. The van der Waals surface area contributed by atoms with E-state index in [0.29, 0.717) is 23.0 Å². The van der Waals surface area contributed by atoms with E-state index in [-0.39, 0.29) is 5.92 Å². The van der Waals surface area contributed by atoms with Crippen molar-refractivity contribution < 1.29 is 14.3 Å². The van der Waals surface area contributed by atoms with E-state index in [2.05, 4.69) is 16.0 Å². The first-order valence-corrected chi connectivity index (χ1v) is 11.4. The van der Waals surface area contributed by atoms with Gasteiger partial charge in [0.05, 0.1) is 31.0 Å². The smallest absolute Gasteiger partial charge is 0.225 e. The number of anilines is 1. The maximum Gasteiger partial charge on any atom is 0.225 e. The van der Waals surface area contributed by atoms with Crippen molar-refractivity contribution in [3.8, 4) is 17.6 Å². The zero-order valence-corrected chi connectivity index (χ0v) is 18.2. The standard InChI is InChI=1S/C22H26N4O3S/c1-28-19-11-17-18(12-20(19)29-2)24-14-16(13-23)21(17)25-5-3-15(4-6-25)22(27)26-7-9-30-10-8-26/h11-12,14-15H,3-10H2,1-2H3. The van der Waals surface area contributed by atoms with Crippen LogP contribution in [0.4, 0.5) is 5.69 Å². The Labute approximate surface area is 180 Å². The highest BCUT2D eigenvalue weighted by atomic mass is 32.2. The summed E-state index contributed by atoms with van der Waals surface area (Å²) in [6.45, 7) is 3.19. The van der Waals surface area contributed by atoms with Gasteiger partial charge in [-0.3, -0.25) is 9.78 Å². The molecular weight excluding hydrogens is 400 g/mol. The Kier molecular flexibility index (Phi) is 6.18. The Balaban J connectivity index is 1.60. The van der Waals surface area contributed by atoms with E-state index in [1.807, 2.05) is 28.8 Å². The number of amides is 1. The number of piperidine rings is 1. The van der Waals surface area contributed by atoms with Gasteiger partial charge < -0.3 is 19.3 Å². The highest BCUT2D eigenvalue weighted by Gasteiger charge is 2.31. The van der Waals surface area contributed by atoms with E-state index in [1.165, 1.54) is 0 Å². The maximum atomic E-state index is 12.9. The molecule has 1 amide bonds. The van der Waals surface area contributed by atoms with E-state index in [0.717, 1.165) is 67.1 Å². The molecule has 0 radical (unpaired) electrons.